The van der Waals surface area contributed by atoms with Crippen molar-refractivity contribution in [1.29, 1.82) is 0 Å². The van der Waals surface area contributed by atoms with Crippen LogP contribution in [0.4, 0.5) is 0 Å². The molecule has 0 amide bonds. The van der Waals surface area contributed by atoms with Crippen molar-refractivity contribution in [2.45, 2.75) is 134 Å². The van der Waals surface area contributed by atoms with E-state index < -0.39 is 0 Å². The van der Waals surface area contributed by atoms with Crippen molar-refractivity contribution in [1.82, 2.24) is 0 Å². The molecular weight excluding hydrogens is 552 g/mol. The summed E-state index contributed by atoms with van der Waals surface area (Å²) >= 11 is 0. The first-order chi connectivity index (χ1) is 13.8. The summed E-state index contributed by atoms with van der Waals surface area (Å²) in [6.45, 7) is 37.0. The van der Waals surface area contributed by atoms with Crippen LogP contribution in [0.2, 0.25) is 0 Å². The Bertz CT molecular complexity index is 514. The van der Waals surface area contributed by atoms with Gasteiger partial charge in [0, 0.05) is 10.3 Å². The Morgan fingerprint density at radius 1 is 0.486 bits per heavy atom. The minimum absolute atomic E-state index is 0. The summed E-state index contributed by atoms with van der Waals surface area (Å²) < 4.78 is 0. The van der Waals surface area contributed by atoms with Gasteiger partial charge in [-0.2, -0.15) is 0 Å². The Balaban J connectivity index is -0.000000158. The number of halogens is 2. The Morgan fingerprint density at radius 2 is 0.657 bits per heavy atom. The first kappa shape index (κ1) is 46.3. The topological polar surface area (TPSA) is 0 Å². The van der Waals surface area contributed by atoms with Crippen LogP contribution in [-0.4, -0.2) is 10.3 Å². The predicted octanol–water partition coefficient (Wildman–Crippen LogP) is 4.60. The molecule has 0 saturated heterocycles. The quantitative estimate of drug-likeness (QED) is 0.234. The number of rotatable bonds is 6. The molecule has 0 rings (SSSR count). The molecule has 0 aliphatic carbocycles. The summed E-state index contributed by atoms with van der Waals surface area (Å²) in [4.78, 5) is 0. The molecule has 0 bridgehead atoms. The molecule has 216 valence electrons. The SMILES string of the molecule is CC(C)CC=CC(P)(C(C)(C)C)C(C)(C)C.CC(C)CC=CC(P)(C(C)(C)C)C(C)(C)C.[Cl-].[Cl-].[Ni+2]. The van der Waals surface area contributed by atoms with Crippen molar-refractivity contribution in [3.8, 4) is 0 Å². The fourth-order valence-electron chi connectivity index (χ4n) is 4.30. The van der Waals surface area contributed by atoms with Crippen LogP contribution in [0.15, 0.2) is 24.3 Å². The van der Waals surface area contributed by atoms with Gasteiger partial charge in [0.15, 0.2) is 0 Å². The predicted molar refractivity (Wildman–Crippen MR) is 160 cm³/mol. The Morgan fingerprint density at radius 3 is 0.771 bits per heavy atom. The zero-order valence-electron chi connectivity index (χ0n) is 26.1. The van der Waals surface area contributed by atoms with Crippen LogP contribution in [0.1, 0.15) is 124 Å². The van der Waals surface area contributed by atoms with Crippen molar-refractivity contribution < 1.29 is 41.3 Å². The maximum Gasteiger partial charge on any atom is 2.00 e. The molecule has 0 spiro atoms. The van der Waals surface area contributed by atoms with Gasteiger partial charge in [-0.05, 0) is 46.3 Å². The van der Waals surface area contributed by atoms with Crippen molar-refractivity contribution in [2.75, 3.05) is 0 Å². The molecule has 0 fully saturated rings. The molecule has 0 N–H and O–H groups in total. The zero-order valence-corrected chi connectivity index (χ0v) is 30.9. The van der Waals surface area contributed by atoms with E-state index in [1.54, 1.807) is 0 Å². The van der Waals surface area contributed by atoms with E-state index in [2.05, 4.69) is 154 Å². The van der Waals surface area contributed by atoms with Gasteiger partial charge >= 0.3 is 16.5 Å². The van der Waals surface area contributed by atoms with E-state index in [1.807, 2.05) is 0 Å². The second-order valence-electron chi connectivity index (χ2n) is 14.8. The first-order valence-corrected chi connectivity index (χ1v) is 13.9. The smallest absolute Gasteiger partial charge is 1.00 e. The summed E-state index contributed by atoms with van der Waals surface area (Å²) in [6, 6.07) is 0. The first-order valence-electron chi connectivity index (χ1n) is 12.8. The maximum absolute atomic E-state index is 3.10. The van der Waals surface area contributed by atoms with E-state index in [4.69, 9.17) is 0 Å². The molecular formula is C30H62Cl2NiP2. The van der Waals surface area contributed by atoms with Gasteiger partial charge in [0.2, 0.25) is 0 Å². The van der Waals surface area contributed by atoms with Gasteiger partial charge in [-0.3, -0.25) is 0 Å². The van der Waals surface area contributed by atoms with Crippen molar-refractivity contribution in [3.05, 3.63) is 24.3 Å². The van der Waals surface area contributed by atoms with E-state index in [-0.39, 0.29) is 73.3 Å². The molecule has 0 saturated carbocycles. The zero-order chi connectivity index (χ0) is 26.4. The molecule has 35 heavy (non-hydrogen) atoms. The Hall–Kier alpha value is 1.41. The van der Waals surface area contributed by atoms with Crippen LogP contribution < -0.4 is 24.8 Å². The van der Waals surface area contributed by atoms with Crippen LogP contribution in [0.5, 0.6) is 0 Å². The second-order valence-corrected chi connectivity index (χ2v) is 16.6. The van der Waals surface area contributed by atoms with E-state index in [0.717, 1.165) is 11.8 Å². The summed E-state index contributed by atoms with van der Waals surface area (Å²) in [7, 11) is 6.20. The third kappa shape index (κ3) is 15.0. The van der Waals surface area contributed by atoms with Crippen LogP contribution >= 0.6 is 18.5 Å². The van der Waals surface area contributed by atoms with Crippen molar-refractivity contribution >= 4 is 18.5 Å². The van der Waals surface area contributed by atoms with Gasteiger partial charge in [0.1, 0.15) is 0 Å². The molecule has 0 aromatic carbocycles. The van der Waals surface area contributed by atoms with Crippen LogP contribution in [0.3, 0.4) is 0 Å². The molecule has 0 radical (unpaired) electrons. The third-order valence-electron chi connectivity index (χ3n) is 6.94. The van der Waals surface area contributed by atoms with E-state index in [1.165, 1.54) is 12.8 Å². The van der Waals surface area contributed by atoms with Gasteiger partial charge in [-0.25, -0.2) is 0 Å². The molecule has 2 unspecified atom stereocenters. The molecule has 2 atom stereocenters. The molecule has 0 nitrogen and oxygen atoms in total. The molecule has 5 heteroatoms. The summed E-state index contributed by atoms with van der Waals surface area (Å²) in [6.07, 6.45) is 11.9. The van der Waals surface area contributed by atoms with Crippen molar-refractivity contribution in [2.24, 2.45) is 33.5 Å². The van der Waals surface area contributed by atoms with Gasteiger partial charge in [-0.1, -0.05) is 135 Å². The minimum atomic E-state index is 0. The Kier molecular flexibility index (Phi) is 22.7. The number of hydrogen-bond donors (Lipinski definition) is 0. The fraction of sp³-hybridized carbons (Fsp3) is 0.867. The molecule has 0 aromatic heterocycles. The minimum Gasteiger partial charge on any atom is -1.00 e. The monoisotopic (exact) mass is 612 g/mol. The van der Waals surface area contributed by atoms with Crippen LogP contribution in [-0.2, 0) is 16.5 Å². The third-order valence-corrected chi connectivity index (χ3v) is 10.8. The summed E-state index contributed by atoms with van der Waals surface area (Å²) in [5.41, 5.74) is 1.01. The standard InChI is InChI=1S/2C15H31P.2ClH.Ni/c2*1-12(2)10-9-11-15(16,13(3,4)5)14(6,7)8;;;/h2*9,11-12H,10,16H2,1-8H3;2*1H;/q;;;;+2/p-2. The average Bonchev–Trinajstić information content (AvgIpc) is 2.50. The Labute approximate surface area is 250 Å². The molecule has 0 aromatic rings. The number of hydrogen-bond acceptors (Lipinski definition) is 0. The van der Waals surface area contributed by atoms with Gasteiger partial charge in [-0.15, -0.1) is 18.5 Å². The molecule has 0 aliphatic heterocycles. The maximum atomic E-state index is 3.10. The van der Waals surface area contributed by atoms with Crippen molar-refractivity contribution in [3.63, 3.8) is 0 Å². The molecule has 0 heterocycles. The number of allylic oxidation sites excluding steroid dienone is 4. The van der Waals surface area contributed by atoms with Crippen LogP contribution in [0, 0.1) is 33.5 Å². The average molecular weight is 614 g/mol. The summed E-state index contributed by atoms with van der Waals surface area (Å²) in [5, 5.41) is 0.295. The van der Waals surface area contributed by atoms with Gasteiger partial charge in [0.05, 0.1) is 0 Å². The van der Waals surface area contributed by atoms with E-state index >= 15 is 0 Å². The fourth-order valence-corrected chi connectivity index (χ4v) is 4.57. The van der Waals surface area contributed by atoms with Crippen LogP contribution in [0.25, 0.3) is 0 Å². The summed E-state index contributed by atoms with van der Waals surface area (Å²) in [5.74, 6) is 1.48. The normalized spacial score (nSPS) is 13.8. The van der Waals surface area contributed by atoms with Gasteiger partial charge < -0.3 is 24.8 Å². The van der Waals surface area contributed by atoms with E-state index in [0.29, 0.717) is 0 Å². The molecule has 0 aliphatic rings. The second kappa shape index (κ2) is 17.2. The largest absolute Gasteiger partial charge is 2.00 e. The van der Waals surface area contributed by atoms with Gasteiger partial charge in [0.25, 0.3) is 0 Å². The van der Waals surface area contributed by atoms with E-state index in [9.17, 15) is 0 Å².